The number of halogens is 1. The van der Waals surface area contributed by atoms with Crippen LogP contribution in [0.5, 0.6) is 11.5 Å². The topological polar surface area (TPSA) is 95.1 Å². The van der Waals surface area contributed by atoms with E-state index in [4.69, 9.17) is 14.7 Å². The van der Waals surface area contributed by atoms with Crippen LogP contribution in [-0.4, -0.2) is 19.1 Å². The zero-order valence-corrected chi connectivity index (χ0v) is 18.0. The number of rotatable bonds is 7. The van der Waals surface area contributed by atoms with Gasteiger partial charge in [-0.3, -0.25) is 4.79 Å². The number of anilines is 1. The van der Waals surface area contributed by atoms with Crippen molar-refractivity contribution in [3.8, 4) is 23.6 Å². The van der Waals surface area contributed by atoms with E-state index in [1.54, 1.807) is 12.1 Å². The van der Waals surface area contributed by atoms with E-state index in [0.29, 0.717) is 33.8 Å². The van der Waals surface area contributed by atoms with Crippen molar-refractivity contribution in [1.29, 1.82) is 10.5 Å². The van der Waals surface area contributed by atoms with Gasteiger partial charge < -0.3 is 14.8 Å². The van der Waals surface area contributed by atoms with Gasteiger partial charge in [0.1, 0.15) is 17.7 Å². The Kier molecular flexibility index (Phi) is 7.82. The van der Waals surface area contributed by atoms with Crippen LogP contribution < -0.4 is 14.8 Å². The molecule has 2 rings (SSSR count). The predicted octanol–water partition coefficient (Wildman–Crippen LogP) is 4.91. The Hall–Kier alpha value is -3.29. The zero-order valence-electron chi connectivity index (χ0n) is 16.4. The number of nitrogens with one attached hydrogen (secondary N) is 1. The van der Waals surface area contributed by atoms with Crippen molar-refractivity contribution in [1.82, 2.24) is 0 Å². The maximum Gasteiger partial charge on any atom is 0.266 e. The number of nitriles is 2. The molecule has 0 saturated heterocycles. The molecule has 0 bridgehead atoms. The van der Waals surface area contributed by atoms with E-state index in [1.807, 2.05) is 51.1 Å². The van der Waals surface area contributed by atoms with Crippen LogP contribution in [0.25, 0.3) is 6.08 Å². The van der Waals surface area contributed by atoms with Gasteiger partial charge in [0.25, 0.3) is 5.91 Å². The van der Waals surface area contributed by atoms with Gasteiger partial charge in [0, 0.05) is 5.69 Å². The van der Waals surface area contributed by atoms with Gasteiger partial charge in [0.05, 0.1) is 11.1 Å². The van der Waals surface area contributed by atoms with Crippen LogP contribution in [-0.2, 0) is 4.79 Å². The minimum Gasteiger partial charge on any atom is -0.490 e. The van der Waals surface area contributed by atoms with Gasteiger partial charge in [0.15, 0.2) is 18.1 Å². The Morgan fingerprint density at radius 1 is 1.21 bits per heavy atom. The van der Waals surface area contributed by atoms with Gasteiger partial charge in [-0.25, -0.2) is 0 Å². The number of ether oxygens (including phenoxy) is 2. The molecule has 2 aromatic carbocycles. The van der Waals surface area contributed by atoms with Crippen molar-refractivity contribution in [2.45, 2.75) is 20.8 Å². The smallest absolute Gasteiger partial charge is 0.266 e. The number of carbonyl (C=O) groups is 1. The van der Waals surface area contributed by atoms with Crippen molar-refractivity contribution in [2.75, 3.05) is 18.5 Å². The molecule has 0 saturated carbocycles. The second-order valence-electron chi connectivity index (χ2n) is 6.15. The largest absolute Gasteiger partial charge is 0.490 e. The van der Waals surface area contributed by atoms with Crippen LogP contribution in [0.3, 0.4) is 0 Å². The Morgan fingerprint density at radius 2 is 1.97 bits per heavy atom. The quantitative estimate of drug-likeness (QED) is 0.474. The third kappa shape index (κ3) is 5.84. The lowest BCUT2D eigenvalue weighted by atomic mass is 10.1. The van der Waals surface area contributed by atoms with Crippen molar-refractivity contribution in [2.24, 2.45) is 0 Å². The lowest BCUT2D eigenvalue weighted by Crippen LogP contribution is -2.14. The van der Waals surface area contributed by atoms with Gasteiger partial charge >= 0.3 is 0 Å². The molecule has 1 N–H and O–H groups in total. The van der Waals surface area contributed by atoms with Crippen LogP contribution in [0.4, 0.5) is 5.69 Å². The molecule has 6 nitrogen and oxygen atoms in total. The van der Waals surface area contributed by atoms with E-state index >= 15 is 0 Å². The number of hydrogen-bond donors (Lipinski definition) is 1. The monoisotopic (exact) mass is 453 g/mol. The van der Waals surface area contributed by atoms with Gasteiger partial charge in [-0.2, -0.15) is 10.5 Å². The predicted molar refractivity (Wildman–Crippen MR) is 115 cm³/mol. The van der Waals surface area contributed by atoms with Crippen molar-refractivity contribution >= 4 is 33.6 Å². The summed E-state index contributed by atoms with van der Waals surface area (Å²) >= 11 is 3.39. The summed E-state index contributed by atoms with van der Waals surface area (Å²) in [5, 5.41) is 21.0. The average Bonchev–Trinajstić information content (AvgIpc) is 2.68. The van der Waals surface area contributed by atoms with Crippen LogP contribution in [0.15, 0.2) is 40.4 Å². The summed E-state index contributed by atoms with van der Waals surface area (Å²) in [6.45, 7) is 5.90. The lowest BCUT2D eigenvalue weighted by Gasteiger charge is -2.13. The Bertz CT molecular complexity index is 1030. The van der Waals surface area contributed by atoms with E-state index in [-0.39, 0.29) is 12.2 Å². The number of benzene rings is 2. The van der Waals surface area contributed by atoms with E-state index < -0.39 is 5.91 Å². The molecule has 1 amide bonds. The van der Waals surface area contributed by atoms with Gasteiger partial charge in [-0.05, 0) is 77.7 Å². The molecule has 29 heavy (non-hydrogen) atoms. The SMILES string of the molecule is CCOc1cc(/C=C(\C#N)C(=O)Nc2cc(C)ccc2C)cc(Br)c1OCC#N. The number of nitrogens with zero attached hydrogens (tertiary/aromatic N) is 2. The normalized spacial score (nSPS) is 10.6. The number of aryl methyl sites for hydroxylation is 2. The highest BCUT2D eigenvalue weighted by Crippen LogP contribution is 2.37. The first-order valence-corrected chi connectivity index (χ1v) is 9.65. The minimum atomic E-state index is -0.500. The number of hydrogen-bond acceptors (Lipinski definition) is 5. The first kappa shape index (κ1) is 22.0. The average molecular weight is 454 g/mol. The first-order chi connectivity index (χ1) is 13.9. The molecule has 2 aromatic rings. The standard InChI is InChI=1S/C22H20BrN3O3/c1-4-28-20-12-16(11-18(23)21(20)29-8-7-24)10-17(13-25)22(27)26-19-9-14(2)5-6-15(19)3/h5-6,9-12H,4,8H2,1-3H3,(H,26,27)/b17-10+. The first-order valence-electron chi connectivity index (χ1n) is 8.86. The maximum atomic E-state index is 12.6. The molecule has 7 heteroatoms. The summed E-state index contributed by atoms with van der Waals surface area (Å²) < 4.78 is 11.5. The molecule has 0 aliphatic rings. The van der Waals surface area contributed by atoms with Crippen LogP contribution in [0, 0.1) is 36.5 Å². The van der Waals surface area contributed by atoms with Gasteiger partial charge in [-0.1, -0.05) is 12.1 Å². The van der Waals surface area contributed by atoms with E-state index in [2.05, 4.69) is 21.2 Å². The second kappa shape index (κ2) is 10.3. The summed E-state index contributed by atoms with van der Waals surface area (Å²) in [5.41, 5.74) is 3.10. The summed E-state index contributed by atoms with van der Waals surface area (Å²) in [7, 11) is 0. The molecule has 0 spiro atoms. The summed E-state index contributed by atoms with van der Waals surface area (Å²) in [6.07, 6.45) is 1.47. The highest BCUT2D eigenvalue weighted by molar-refractivity contribution is 9.10. The fourth-order valence-electron chi connectivity index (χ4n) is 2.55. The third-order valence-electron chi connectivity index (χ3n) is 3.93. The van der Waals surface area contributed by atoms with Gasteiger partial charge in [-0.15, -0.1) is 0 Å². The van der Waals surface area contributed by atoms with Crippen molar-refractivity contribution in [3.05, 3.63) is 57.1 Å². The van der Waals surface area contributed by atoms with Crippen LogP contribution >= 0.6 is 15.9 Å². The highest BCUT2D eigenvalue weighted by Gasteiger charge is 2.15. The third-order valence-corrected chi connectivity index (χ3v) is 4.52. The maximum absolute atomic E-state index is 12.6. The fraction of sp³-hybridized carbons (Fsp3) is 0.227. The molecule has 0 radical (unpaired) electrons. The van der Waals surface area contributed by atoms with E-state index in [0.717, 1.165) is 11.1 Å². The zero-order chi connectivity index (χ0) is 21.4. The molecule has 0 fully saturated rings. The highest BCUT2D eigenvalue weighted by atomic mass is 79.9. The second-order valence-corrected chi connectivity index (χ2v) is 7.01. The number of amides is 1. The molecular weight excluding hydrogens is 434 g/mol. The Balaban J connectivity index is 2.36. The van der Waals surface area contributed by atoms with Crippen LogP contribution in [0.1, 0.15) is 23.6 Å². The molecule has 0 unspecified atom stereocenters. The molecule has 148 valence electrons. The van der Waals surface area contributed by atoms with Crippen molar-refractivity contribution < 1.29 is 14.3 Å². The molecule has 0 aliphatic carbocycles. The minimum absolute atomic E-state index is 0.0500. The molecular formula is C22H20BrN3O3. The Morgan fingerprint density at radius 3 is 2.62 bits per heavy atom. The molecule has 0 aliphatic heterocycles. The van der Waals surface area contributed by atoms with Crippen molar-refractivity contribution in [3.63, 3.8) is 0 Å². The van der Waals surface area contributed by atoms with E-state index in [9.17, 15) is 10.1 Å². The lowest BCUT2D eigenvalue weighted by molar-refractivity contribution is -0.112. The Labute approximate surface area is 178 Å². The fourth-order valence-corrected chi connectivity index (χ4v) is 3.13. The molecule has 0 aromatic heterocycles. The van der Waals surface area contributed by atoms with E-state index in [1.165, 1.54) is 6.08 Å². The summed E-state index contributed by atoms with van der Waals surface area (Å²) in [4.78, 5) is 12.6. The van der Waals surface area contributed by atoms with Gasteiger partial charge in [0.2, 0.25) is 0 Å². The summed E-state index contributed by atoms with van der Waals surface area (Å²) in [5.74, 6) is 0.305. The summed E-state index contributed by atoms with van der Waals surface area (Å²) in [6, 6.07) is 12.9. The number of carbonyl (C=O) groups excluding carboxylic acids is 1. The van der Waals surface area contributed by atoms with Crippen LogP contribution in [0.2, 0.25) is 0 Å². The molecule has 0 atom stereocenters. The molecule has 0 heterocycles.